The minimum atomic E-state index is -3.61. The van der Waals surface area contributed by atoms with Gasteiger partial charge in [0, 0.05) is 30.9 Å². The van der Waals surface area contributed by atoms with Gasteiger partial charge in [0.1, 0.15) is 22.3 Å². The lowest BCUT2D eigenvalue weighted by Crippen LogP contribution is -2.38. The molecule has 31 heavy (non-hydrogen) atoms. The molecule has 0 unspecified atom stereocenters. The number of aromatic nitrogens is 3. The highest BCUT2D eigenvalue weighted by atomic mass is 32.2. The third-order valence-electron chi connectivity index (χ3n) is 5.36. The van der Waals surface area contributed by atoms with Gasteiger partial charge in [-0.1, -0.05) is 18.2 Å². The molecule has 0 aliphatic carbocycles. The molecule has 0 amide bonds. The van der Waals surface area contributed by atoms with Crippen molar-refractivity contribution in [2.24, 2.45) is 0 Å². The number of hydrogen-bond acceptors (Lipinski definition) is 7. The van der Waals surface area contributed by atoms with Crippen LogP contribution < -0.4 is 10.1 Å². The van der Waals surface area contributed by atoms with Crippen molar-refractivity contribution in [1.29, 1.82) is 0 Å². The molecule has 1 saturated heterocycles. The molecule has 1 aromatic carbocycles. The number of methoxy groups -OCH3 is 1. The summed E-state index contributed by atoms with van der Waals surface area (Å²) in [5.41, 5.74) is 1.77. The van der Waals surface area contributed by atoms with Gasteiger partial charge in [0.25, 0.3) is 0 Å². The zero-order chi connectivity index (χ0) is 21.8. The fraction of sp³-hybridized carbons (Fsp3) is 0.318. The number of rotatable bonds is 6. The molecular formula is C22H25N5O3S. The Balaban J connectivity index is 1.45. The molecule has 1 aliphatic heterocycles. The number of para-hydroxylation sites is 1. The Morgan fingerprint density at radius 2 is 1.77 bits per heavy atom. The summed E-state index contributed by atoms with van der Waals surface area (Å²) < 4.78 is 33.0. The summed E-state index contributed by atoms with van der Waals surface area (Å²) in [5, 5.41) is 3.19. The van der Waals surface area contributed by atoms with Gasteiger partial charge in [0.15, 0.2) is 0 Å². The zero-order valence-corrected chi connectivity index (χ0v) is 18.3. The van der Waals surface area contributed by atoms with Crippen molar-refractivity contribution < 1.29 is 13.2 Å². The van der Waals surface area contributed by atoms with Gasteiger partial charge < -0.3 is 10.1 Å². The molecule has 8 nitrogen and oxygen atoms in total. The molecule has 0 atom stereocenters. The van der Waals surface area contributed by atoms with E-state index in [1.165, 1.54) is 11.4 Å². The van der Waals surface area contributed by atoms with Crippen molar-refractivity contribution in [3.8, 4) is 5.75 Å². The lowest BCUT2D eigenvalue weighted by molar-refractivity contribution is 0.314. The number of hydrogen-bond donors (Lipinski definition) is 1. The molecule has 162 valence electrons. The highest BCUT2D eigenvalue weighted by molar-refractivity contribution is 7.89. The topological polar surface area (TPSA) is 97.3 Å². The molecule has 4 rings (SSSR count). The first-order valence-electron chi connectivity index (χ1n) is 10.1. The van der Waals surface area contributed by atoms with Crippen LogP contribution in [0.5, 0.6) is 5.75 Å². The van der Waals surface area contributed by atoms with Crippen LogP contribution in [0, 0.1) is 6.92 Å². The monoisotopic (exact) mass is 439 g/mol. The van der Waals surface area contributed by atoms with Crippen LogP contribution in [0.2, 0.25) is 0 Å². The zero-order valence-electron chi connectivity index (χ0n) is 17.5. The lowest BCUT2D eigenvalue weighted by Gasteiger charge is -2.31. The molecule has 1 fully saturated rings. The fourth-order valence-electron chi connectivity index (χ4n) is 3.74. The van der Waals surface area contributed by atoms with Gasteiger partial charge >= 0.3 is 0 Å². The van der Waals surface area contributed by atoms with Crippen molar-refractivity contribution in [3.05, 3.63) is 66.2 Å². The first kappa shape index (κ1) is 21.2. The Labute approximate surface area is 182 Å². The standard InChI is InChI=1S/C22H25N5O3S/c1-16-6-5-9-21(24-16)26-22-15-23-14-18(25-22)17-10-12-27(13-11-17)31(28,29)20-8-4-3-7-19(20)30-2/h3-9,14-15,17H,10-13H2,1-2H3,(H,24,25,26). The van der Waals surface area contributed by atoms with Crippen molar-refractivity contribution in [1.82, 2.24) is 19.3 Å². The number of nitrogens with zero attached hydrogens (tertiary/aromatic N) is 4. The van der Waals surface area contributed by atoms with Gasteiger partial charge in [-0.2, -0.15) is 4.31 Å². The van der Waals surface area contributed by atoms with Gasteiger partial charge in [0.2, 0.25) is 10.0 Å². The Bertz CT molecular complexity index is 1160. The van der Waals surface area contributed by atoms with E-state index < -0.39 is 10.0 Å². The molecule has 0 spiro atoms. The van der Waals surface area contributed by atoms with E-state index >= 15 is 0 Å². The molecule has 3 heterocycles. The van der Waals surface area contributed by atoms with Gasteiger partial charge in [-0.3, -0.25) is 4.98 Å². The SMILES string of the molecule is COc1ccccc1S(=O)(=O)N1CCC(c2cncc(Nc3cccc(C)n3)n2)CC1. The molecule has 0 bridgehead atoms. The minimum Gasteiger partial charge on any atom is -0.495 e. The molecule has 0 radical (unpaired) electrons. The largest absolute Gasteiger partial charge is 0.495 e. The van der Waals surface area contributed by atoms with Crippen LogP contribution in [-0.2, 0) is 10.0 Å². The number of piperidine rings is 1. The Morgan fingerprint density at radius 3 is 2.52 bits per heavy atom. The third-order valence-corrected chi connectivity index (χ3v) is 7.29. The second-order valence-electron chi connectivity index (χ2n) is 7.45. The maximum Gasteiger partial charge on any atom is 0.246 e. The maximum absolute atomic E-state index is 13.1. The molecule has 0 saturated carbocycles. The van der Waals surface area contributed by atoms with E-state index in [0.717, 1.165) is 11.4 Å². The summed E-state index contributed by atoms with van der Waals surface area (Å²) in [5.74, 6) is 1.84. The van der Waals surface area contributed by atoms with Crippen molar-refractivity contribution in [3.63, 3.8) is 0 Å². The van der Waals surface area contributed by atoms with Crippen LogP contribution in [0.15, 0.2) is 59.8 Å². The lowest BCUT2D eigenvalue weighted by atomic mass is 9.95. The van der Waals surface area contributed by atoms with Crippen molar-refractivity contribution >= 4 is 21.7 Å². The summed E-state index contributed by atoms with van der Waals surface area (Å²) in [6.07, 6.45) is 4.77. The van der Waals surface area contributed by atoms with Crippen molar-refractivity contribution in [2.75, 3.05) is 25.5 Å². The van der Waals surface area contributed by atoms with Crippen LogP contribution in [0.4, 0.5) is 11.6 Å². The number of benzene rings is 1. The summed E-state index contributed by atoms with van der Waals surface area (Å²) >= 11 is 0. The van der Waals surface area contributed by atoms with Gasteiger partial charge in [0.05, 0.1) is 19.0 Å². The second kappa shape index (κ2) is 8.99. The van der Waals surface area contributed by atoms with Crippen molar-refractivity contribution in [2.45, 2.75) is 30.6 Å². The number of aryl methyl sites for hydroxylation is 1. The molecule has 2 aromatic heterocycles. The average Bonchev–Trinajstić information content (AvgIpc) is 2.79. The number of pyridine rings is 1. The van der Waals surface area contributed by atoms with E-state index in [1.807, 2.05) is 25.1 Å². The van der Waals surface area contributed by atoms with E-state index in [0.29, 0.717) is 43.3 Å². The van der Waals surface area contributed by atoms with Gasteiger partial charge in [-0.05, 0) is 44.0 Å². The Kier molecular flexibility index (Phi) is 6.15. The van der Waals surface area contributed by atoms with Crippen LogP contribution >= 0.6 is 0 Å². The number of ether oxygens (including phenoxy) is 1. The predicted octanol–water partition coefficient (Wildman–Crippen LogP) is 3.50. The van der Waals surface area contributed by atoms with Crippen LogP contribution in [0.3, 0.4) is 0 Å². The highest BCUT2D eigenvalue weighted by Crippen LogP contribution is 2.32. The molecule has 1 N–H and O–H groups in total. The minimum absolute atomic E-state index is 0.142. The van der Waals surface area contributed by atoms with E-state index in [2.05, 4.69) is 15.3 Å². The maximum atomic E-state index is 13.1. The van der Waals surface area contributed by atoms with Gasteiger partial charge in [-0.25, -0.2) is 18.4 Å². The van der Waals surface area contributed by atoms with E-state index in [-0.39, 0.29) is 10.8 Å². The summed E-state index contributed by atoms with van der Waals surface area (Å²) in [6, 6.07) is 12.5. The molecular weight excluding hydrogens is 414 g/mol. The number of anilines is 2. The van der Waals surface area contributed by atoms with Gasteiger partial charge in [-0.15, -0.1) is 0 Å². The first-order valence-corrected chi connectivity index (χ1v) is 11.6. The first-order chi connectivity index (χ1) is 15.0. The highest BCUT2D eigenvalue weighted by Gasteiger charge is 2.32. The van der Waals surface area contributed by atoms with E-state index in [9.17, 15) is 8.42 Å². The van der Waals surface area contributed by atoms with Crippen LogP contribution in [-0.4, -0.2) is 47.9 Å². The van der Waals surface area contributed by atoms with E-state index in [4.69, 9.17) is 9.72 Å². The molecule has 1 aliphatic rings. The molecule has 3 aromatic rings. The van der Waals surface area contributed by atoms with Crippen LogP contribution in [0.1, 0.15) is 30.1 Å². The quantitative estimate of drug-likeness (QED) is 0.628. The van der Waals surface area contributed by atoms with Crippen LogP contribution in [0.25, 0.3) is 0 Å². The van der Waals surface area contributed by atoms with E-state index in [1.54, 1.807) is 36.7 Å². The summed E-state index contributed by atoms with van der Waals surface area (Å²) in [4.78, 5) is 13.6. The summed E-state index contributed by atoms with van der Waals surface area (Å²) in [6.45, 7) is 2.77. The second-order valence-corrected chi connectivity index (χ2v) is 9.35. The average molecular weight is 440 g/mol. The fourth-order valence-corrected chi connectivity index (χ4v) is 5.37. The number of nitrogens with one attached hydrogen (secondary N) is 1. The molecule has 9 heteroatoms. The normalized spacial score (nSPS) is 15.5. The smallest absolute Gasteiger partial charge is 0.246 e. The Hall–Kier alpha value is -3.04. The Morgan fingerprint density at radius 1 is 1.00 bits per heavy atom. The third kappa shape index (κ3) is 4.67. The predicted molar refractivity (Wildman–Crippen MR) is 118 cm³/mol. The number of sulfonamides is 1. The summed E-state index contributed by atoms with van der Waals surface area (Å²) in [7, 11) is -2.13.